The summed E-state index contributed by atoms with van der Waals surface area (Å²) in [6.07, 6.45) is 9.92. The third-order valence-corrected chi connectivity index (χ3v) is 3.88. The predicted molar refractivity (Wildman–Crippen MR) is 92.7 cm³/mol. The number of hydrogen-bond donors (Lipinski definition) is 2. The maximum Gasteiger partial charge on any atom is 0.303 e. The lowest BCUT2D eigenvalue weighted by Gasteiger charge is -2.14. The van der Waals surface area contributed by atoms with Gasteiger partial charge in [0.15, 0.2) is 0 Å². The summed E-state index contributed by atoms with van der Waals surface area (Å²) < 4.78 is 0. The van der Waals surface area contributed by atoms with Gasteiger partial charge in [0.25, 0.3) is 0 Å². The molecule has 0 rings (SSSR count). The molecule has 4 heteroatoms. The number of carbonyl (C=O) groups excluding carboxylic acids is 1. The van der Waals surface area contributed by atoms with E-state index in [4.69, 9.17) is 10.8 Å². The SMILES string of the molecule is CCC(C)CC(C)CCC(=O)O.CCCCCCCC(N)=O. The minimum absolute atomic E-state index is 0.170. The molecule has 0 aromatic carbocycles. The molecule has 0 fully saturated rings. The monoisotopic (exact) mass is 315 g/mol. The van der Waals surface area contributed by atoms with Crippen molar-refractivity contribution < 1.29 is 14.7 Å². The Kier molecular flexibility index (Phi) is 17.2. The van der Waals surface area contributed by atoms with E-state index in [0.717, 1.165) is 31.6 Å². The van der Waals surface area contributed by atoms with Crippen LogP contribution in [0.2, 0.25) is 0 Å². The van der Waals surface area contributed by atoms with Crippen LogP contribution in [0.3, 0.4) is 0 Å². The molecule has 2 unspecified atom stereocenters. The summed E-state index contributed by atoms with van der Waals surface area (Å²) in [5, 5.41) is 8.45. The Morgan fingerprint density at radius 2 is 1.55 bits per heavy atom. The first-order chi connectivity index (χ1) is 10.3. The third kappa shape index (κ3) is 21.2. The van der Waals surface area contributed by atoms with Gasteiger partial charge in [0, 0.05) is 12.8 Å². The predicted octanol–water partition coefficient (Wildman–Crippen LogP) is 4.76. The standard InChI is InChI=1S/C10H20O2.C8H17NO/c1-4-8(2)7-9(3)5-6-10(11)12;1-2-3-4-5-6-7-8(9)10/h8-9H,4-7H2,1-3H3,(H,11,12);2-7H2,1H3,(H2,9,10). The number of nitrogens with two attached hydrogens (primary N) is 1. The number of unbranched alkanes of at least 4 members (excludes halogenated alkanes) is 4. The Hall–Kier alpha value is -1.06. The lowest BCUT2D eigenvalue weighted by atomic mass is 9.92. The molecule has 0 radical (unpaired) electrons. The quantitative estimate of drug-likeness (QED) is 0.510. The van der Waals surface area contributed by atoms with Crippen molar-refractivity contribution in [1.82, 2.24) is 0 Å². The number of rotatable bonds is 12. The first kappa shape index (κ1) is 23.2. The van der Waals surface area contributed by atoms with E-state index < -0.39 is 5.97 Å². The molecule has 0 bridgehead atoms. The fraction of sp³-hybridized carbons (Fsp3) is 0.889. The summed E-state index contributed by atoms with van der Waals surface area (Å²) in [5.41, 5.74) is 4.97. The number of carbonyl (C=O) groups is 2. The van der Waals surface area contributed by atoms with Gasteiger partial charge in [-0.05, 0) is 31.1 Å². The molecule has 0 saturated carbocycles. The van der Waals surface area contributed by atoms with Crippen LogP contribution >= 0.6 is 0 Å². The average Bonchev–Trinajstić information content (AvgIpc) is 2.45. The van der Waals surface area contributed by atoms with E-state index >= 15 is 0 Å². The van der Waals surface area contributed by atoms with E-state index in [-0.39, 0.29) is 5.91 Å². The number of primary amides is 1. The van der Waals surface area contributed by atoms with Crippen LogP contribution in [0.25, 0.3) is 0 Å². The molecule has 0 aliphatic carbocycles. The van der Waals surface area contributed by atoms with Crippen molar-refractivity contribution in [3.8, 4) is 0 Å². The van der Waals surface area contributed by atoms with Crippen LogP contribution in [0, 0.1) is 11.8 Å². The highest BCUT2D eigenvalue weighted by Gasteiger charge is 2.08. The number of aliphatic carboxylic acids is 1. The van der Waals surface area contributed by atoms with Crippen LogP contribution in [0.15, 0.2) is 0 Å². The second kappa shape index (κ2) is 16.3. The largest absolute Gasteiger partial charge is 0.481 e. The molecule has 4 nitrogen and oxygen atoms in total. The minimum Gasteiger partial charge on any atom is -0.481 e. The van der Waals surface area contributed by atoms with E-state index in [9.17, 15) is 9.59 Å². The third-order valence-electron chi connectivity index (χ3n) is 3.88. The van der Waals surface area contributed by atoms with Crippen molar-refractivity contribution in [2.75, 3.05) is 0 Å². The number of amides is 1. The van der Waals surface area contributed by atoms with E-state index in [1.807, 2.05) is 0 Å². The maximum absolute atomic E-state index is 10.3. The molecule has 22 heavy (non-hydrogen) atoms. The van der Waals surface area contributed by atoms with Gasteiger partial charge in [-0.25, -0.2) is 0 Å². The topological polar surface area (TPSA) is 80.4 Å². The van der Waals surface area contributed by atoms with Gasteiger partial charge in [-0.3, -0.25) is 9.59 Å². The average molecular weight is 315 g/mol. The molecule has 0 aromatic rings. The van der Waals surface area contributed by atoms with Crippen LogP contribution in [0.5, 0.6) is 0 Å². The normalized spacial score (nSPS) is 12.9. The molecule has 0 spiro atoms. The first-order valence-electron chi connectivity index (χ1n) is 8.83. The smallest absolute Gasteiger partial charge is 0.303 e. The Morgan fingerprint density at radius 1 is 0.955 bits per heavy atom. The van der Waals surface area contributed by atoms with E-state index in [2.05, 4.69) is 27.7 Å². The van der Waals surface area contributed by atoms with Crippen LogP contribution < -0.4 is 5.73 Å². The lowest BCUT2D eigenvalue weighted by molar-refractivity contribution is -0.137. The van der Waals surface area contributed by atoms with Gasteiger partial charge >= 0.3 is 5.97 Å². The Morgan fingerprint density at radius 3 is 2.00 bits per heavy atom. The highest BCUT2D eigenvalue weighted by molar-refractivity contribution is 5.73. The zero-order valence-corrected chi connectivity index (χ0v) is 15.1. The first-order valence-corrected chi connectivity index (χ1v) is 8.83. The fourth-order valence-corrected chi connectivity index (χ4v) is 2.24. The molecule has 0 aliphatic heterocycles. The van der Waals surface area contributed by atoms with Gasteiger partial charge in [-0.15, -0.1) is 0 Å². The van der Waals surface area contributed by atoms with Crippen LogP contribution in [0.4, 0.5) is 0 Å². The zero-order chi connectivity index (χ0) is 17.4. The second-order valence-corrected chi connectivity index (χ2v) is 6.42. The summed E-state index contributed by atoms with van der Waals surface area (Å²) in [4.78, 5) is 20.5. The van der Waals surface area contributed by atoms with E-state index in [1.54, 1.807) is 0 Å². The minimum atomic E-state index is -0.675. The number of carboxylic acids is 1. The molecule has 0 heterocycles. The van der Waals surface area contributed by atoms with E-state index in [0.29, 0.717) is 18.8 Å². The summed E-state index contributed by atoms with van der Waals surface area (Å²) in [5.74, 6) is 0.437. The van der Waals surface area contributed by atoms with Crippen molar-refractivity contribution in [1.29, 1.82) is 0 Å². The summed E-state index contributed by atoms with van der Waals surface area (Å²) in [6, 6.07) is 0. The summed E-state index contributed by atoms with van der Waals surface area (Å²) in [6.45, 7) is 8.70. The van der Waals surface area contributed by atoms with Gasteiger partial charge < -0.3 is 10.8 Å². The molecule has 2 atom stereocenters. The maximum atomic E-state index is 10.3. The van der Waals surface area contributed by atoms with Crippen molar-refractivity contribution in [2.24, 2.45) is 17.6 Å². The van der Waals surface area contributed by atoms with Crippen molar-refractivity contribution in [3.05, 3.63) is 0 Å². The summed E-state index contributed by atoms with van der Waals surface area (Å²) in [7, 11) is 0. The molecular formula is C18H37NO3. The van der Waals surface area contributed by atoms with Gasteiger partial charge in [-0.1, -0.05) is 59.8 Å². The summed E-state index contributed by atoms with van der Waals surface area (Å²) >= 11 is 0. The van der Waals surface area contributed by atoms with Crippen molar-refractivity contribution in [2.45, 2.75) is 91.9 Å². The van der Waals surface area contributed by atoms with Gasteiger partial charge in [0.1, 0.15) is 0 Å². The number of carboxylic acid groups (broad SMARTS) is 1. The lowest BCUT2D eigenvalue weighted by Crippen LogP contribution is -2.09. The molecule has 0 aromatic heterocycles. The molecule has 1 amide bonds. The zero-order valence-electron chi connectivity index (χ0n) is 15.1. The number of hydrogen-bond acceptors (Lipinski definition) is 2. The van der Waals surface area contributed by atoms with Gasteiger partial charge in [-0.2, -0.15) is 0 Å². The Balaban J connectivity index is 0. The molecule has 0 aliphatic rings. The molecular weight excluding hydrogens is 278 g/mol. The highest BCUT2D eigenvalue weighted by atomic mass is 16.4. The van der Waals surface area contributed by atoms with E-state index in [1.165, 1.54) is 25.7 Å². The van der Waals surface area contributed by atoms with Crippen LogP contribution in [0.1, 0.15) is 91.9 Å². The van der Waals surface area contributed by atoms with Crippen molar-refractivity contribution in [3.63, 3.8) is 0 Å². The van der Waals surface area contributed by atoms with Gasteiger partial charge in [0.2, 0.25) is 5.91 Å². The molecule has 0 saturated heterocycles. The van der Waals surface area contributed by atoms with Crippen molar-refractivity contribution >= 4 is 11.9 Å². The van der Waals surface area contributed by atoms with Crippen LogP contribution in [-0.2, 0) is 9.59 Å². The second-order valence-electron chi connectivity index (χ2n) is 6.42. The Labute approximate surface area is 136 Å². The Bertz CT molecular complexity index is 280. The highest BCUT2D eigenvalue weighted by Crippen LogP contribution is 2.18. The molecule has 3 N–H and O–H groups in total. The molecule has 132 valence electrons. The van der Waals surface area contributed by atoms with Crippen LogP contribution in [-0.4, -0.2) is 17.0 Å². The van der Waals surface area contributed by atoms with Gasteiger partial charge in [0.05, 0.1) is 0 Å². The fourth-order valence-electron chi connectivity index (χ4n) is 2.24.